The maximum absolute atomic E-state index is 12.7. The number of amides is 2. The average Bonchev–Trinajstić information content (AvgIpc) is 3.44. The van der Waals surface area contributed by atoms with Gasteiger partial charge in [0.25, 0.3) is 5.91 Å². The van der Waals surface area contributed by atoms with Gasteiger partial charge in [-0.25, -0.2) is 0 Å². The van der Waals surface area contributed by atoms with Crippen LogP contribution in [0.4, 0.5) is 5.69 Å². The van der Waals surface area contributed by atoms with E-state index in [9.17, 15) is 9.59 Å². The first-order valence-electron chi connectivity index (χ1n) is 8.60. The van der Waals surface area contributed by atoms with Gasteiger partial charge in [0.1, 0.15) is 5.75 Å². The second-order valence-corrected chi connectivity index (χ2v) is 7.23. The molecule has 0 atom stereocenters. The van der Waals surface area contributed by atoms with Crippen molar-refractivity contribution < 1.29 is 14.3 Å². The highest BCUT2D eigenvalue weighted by Gasteiger charge is 2.51. The Kier molecular flexibility index (Phi) is 5.61. The van der Waals surface area contributed by atoms with Crippen molar-refractivity contribution >= 4 is 33.4 Å². The predicted octanol–water partition coefficient (Wildman–Crippen LogP) is 3.63. The number of hydrogen-bond donors (Lipinski definition) is 2. The van der Waals surface area contributed by atoms with Gasteiger partial charge >= 0.3 is 0 Å². The minimum atomic E-state index is -0.423. The van der Waals surface area contributed by atoms with Gasteiger partial charge in [0.15, 0.2) is 6.61 Å². The Morgan fingerprint density at radius 2 is 1.73 bits per heavy atom. The monoisotopic (exact) mass is 416 g/mol. The van der Waals surface area contributed by atoms with Crippen LogP contribution in [0.3, 0.4) is 0 Å². The van der Waals surface area contributed by atoms with Crippen molar-refractivity contribution in [2.24, 2.45) is 0 Å². The molecular formula is C20H21BrN2O3. The van der Waals surface area contributed by atoms with Crippen LogP contribution in [0.2, 0.25) is 0 Å². The van der Waals surface area contributed by atoms with E-state index in [1.165, 1.54) is 0 Å². The minimum absolute atomic E-state index is 0.0100. The lowest BCUT2D eigenvalue weighted by atomic mass is 9.95. The van der Waals surface area contributed by atoms with Gasteiger partial charge in [0.05, 0.1) is 5.41 Å². The maximum atomic E-state index is 12.7. The van der Waals surface area contributed by atoms with E-state index in [4.69, 9.17) is 4.74 Å². The summed E-state index contributed by atoms with van der Waals surface area (Å²) < 4.78 is 6.41. The van der Waals surface area contributed by atoms with Gasteiger partial charge < -0.3 is 15.4 Å². The second-order valence-electron chi connectivity index (χ2n) is 6.31. The summed E-state index contributed by atoms with van der Waals surface area (Å²) in [6.45, 7) is 2.41. The van der Waals surface area contributed by atoms with Gasteiger partial charge in [-0.15, -0.1) is 0 Å². The Morgan fingerprint density at radius 3 is 2.31 bits per heavy atom. The largest absolute Gasteiger partial charge is 0.484 e. The highest BCUT2D eigenvalue weighted by molar-refractivity contribution is 9.10. The van der Waals surface area contributed by atoms with Gasteiger partial charge in [-0.2, -0.15) is 0 Å². The Bertz CT molecular complexity index is 784. The van der Waals surface area contributed by atoms with Crippen molar-refractivity contribution in [1.82, 2.24) is 5.32 Å². The predicted molar refractivity (Wildman–Crippen MR) is 104 cm³/mol. The van der Waals surface area contributed by atoms with Crippen LogP contribution in [0.1, 0.15) is 25.3 Å². The van der Waals surface area contributed by atoms with Crippen LogP contribution in [0.25, 0.3) is 0 Å². The number of rotatable bonds is 7. The zero-order chi connectivity index (χ0) is 18.6. The third kappa shape index (κ3) is 4.25. The van der Waals surface area contributed by atoms with Crippen molar-refractivity contribution in [3.05, 3.63) is 58.6 Å². The van der Waals surface area contributed by atoms with E-state index in [-0.39, 0.29) is 18.4 Å². The molecule has 0 aliphatic heterocycles. The Labute approximate surface area is 161 Å². The molecule has 0 saturated heterocycles. The first-order chi connectivity index (χ1) is 12.5. The number of carbonyl (C=O) groups excluding carboxylic acids is 2. The molecule has 5 nitrogen and oxygen atoms in total. The number of halogens is 1. The fraction of sp³-hybridized carbons (Fsp3) is 0.300. The summed E-state index contributed by atoms with van der Waals surface area (Å²) in [5.41, 5.74) is 1.33. The zero-order valence-corrected chi connectivity index (χ0v) is 16.1. The molecule has 1 aliphatic rings. The van der Waals surface area contributed by atoms with Gasteiger partial charge in [0.2, 0.25) is 5.91 Å². The van der Waals surface area contributed by atoms with Crippen molar-refractivity contribution in [2.75, 3.05) is 18.5 Å². The third-order valence-electron chi connectivity index (χ3n) is 4.44. The van der Waals surface area contributed by atoms with Crippen molar-refractivity contribution in [2.45, 2.75) is 25.2 Å². The van der Waals surface area contributed by atoms with Crippen LogP contribution >= 0.6 is 15.9 Å². The van der Waals surface area contributed by atoms with Gasteiger partial charge in [0, 0.05) is 16.7 Å². The number of anilines is 1. The van der Waals surface area contributed by atoms with E-state index in [2.05, 4.69) is 26.6 Å². The van der Waals surface area contributed by atoms with Crippen molar-refractivity contribution in [3.8, 4) is 5.75 Å². The highest BCUT2D eigenvalue weighted by atomic mass is 79.9. The van der Waals surface area contributed by atoms with Gasteiger partial charge in [-0.3, -0.25) is 9.59 Å². The summed E-state index contributed by atoms with van der Waals surface area (Å²) in [5, 5.41) is 5.66. The summed E-state index contributed by atoms with van der Waals surface area (Å²) in [5.74, 6) is 0.439. The maximum Gasteiger partial charge on any atom is 0.257 e. The molecule has 1 fully saturated rings. The van der Waals surface area contributed by atoms with Crippen LogP contribution < -0.4 is 15.4 Å². The van der Waals surface area contributed by atoms with E-state index in [0.29, 0.717) is 18.0 Å². The number of hydrogen-bond acceptors (Lipinski definition) is 3. The molecular weight excluding hydrogens is 396 g/mol. The molecule has 0 spiro atoms. The summed E-state index contributed by atoms with van der Waals surface area (Å²) >= 11 is 3.42. The van der Waals surface area contributed by atoms with Gasteiger partial charge in [-0.05, 0) is 61.7 Å². The molecule has 0 aromatic heterocycles. The molecule has 0 bridgehead atoms. The molecule has 0 radical (unpaired) electrons. The molecule has 2 N–H and O–H groups in total. The molecule has 0 heterocycles. The fourth-order valence-corrected chi connectivity index (χ4v) is 3.09. The SMILES string of the molecule is CCNC(=O)COc1ccc(NC(=O)C2(c3ccc(Br)cc3)CC2)cc1. The van der Waals surface area contributed by atoms with Crippen LogP contribution in [0.15, 0.2) is 53.0 Å². The molecule has 1 saturated carbocycles. The van der Waals surface area contributed by atoms with E-state index in [0.717, 1.165) is 22.9 Å². The lowest BCUT2D eigenvalue weighted by Gasteiger charge is -2.16. The van der Waals surface area contributed by atoms with E-state index < -0.39 is 5.41 Å². The number of benzene rings is 2. The fourth-order valence-electron chi connectivity index (χ4n) is 2.82. The first kappa shape index (κ1) is 18.5. The second kappa shape index (κ2) is 7.91. The normalized spacial score (nSPS) is 14.4. The quantitative estimate of drug-likeness (QED) is 0.723. The number of likely N-dealkylation sites (N-methyl/N-ethyl adjacent to an activating group) is 1. The summed E-state index contributed by atoms with van der Waals surface area (Å²) in [6.07, 6.45) is 1.71. The van der Waals surface area contributed by atoms with E-state index >= 15 is 0 Å². The first-order valence-corrected chi connectivity index (χ1v) is 9.40. The molecule has 26 heavy (non-hydrogen) atoms. The third-order valence-corrected chi connectivity index (χ3v) is 4.97. The summed E-state index contributed by atoms with van der Waals surface area (Å²) in [4.78, 5) is 24.2. The van der Waals surface area contributed by atoms with E-state index in [1.54, 1.807) is 24.3 Å². The lowest BCUT2D eigenvalue weighted by molar-refractivity contribution is -0.123. The van der Waals surface area contributed by atoms with Crippen molar-refractivity contribution in [3.63, 3.8) is 0 Å². The summed E-state index contributed by atoms with van der Waals surface area (Å²) in [7, 11) is 0. The lowest BCUT2D eigenvalue weighted by Crippen LogP contribution is -2.28. The topological polar surface area (TPSA) is 67.4 Å². The van der Waals surface area contributed by atoms with Crippen molar-refractivity contribution in [1.29, 1.82) is 0 Å². The molecule has 3 rings (SSSR count). The van der Waals surface area contributed by atoms with Crippen LogP contribution in [0, 0.1) is 0 Å². The van der Waals surface area contributed by atoms with Crippen LogP contribution in [0.5, 0.6) is 5.75 Å². The standard InChI is InChI=1S/C20H21BrN2O3/c1-2-22-18(24)13-26-17-9-7-16(8-10-17)23-19(25)20(11-12-20)14-3-5-15(21)6-4-14/h3-10H,2,11-13H2,1H3,(H,22,24)(H,23,25). The van der Waals surface area contributed by atoms with Gasteiger partial charge in [-0.1, -0.05) is 28.1 Å². The minimum Gasteiger partial charge on any atom is -0.484 e. The number of nitrogens with one attached hydrogen (secondary N) is 2. The zero-order valence-electron chi connectivity index (χ0n) is 14.5. The Hall–Kier alpha value is -2.34. The number of ether oxygens (including phenoxy) is 1. The smallest absolute Gasteiger partial charge is 0.257 e. The molecule has 1 aliphatic carbocycles. The molecule has 136 valence electrons. The van der Waals surface area contributed by atoms with Crippen LogP contribution in [-0.4, -0.2) is 25.0 Å². The molecule has 6 heteroatoms. The average molecular weight is 417 g/mol. The number of carbonyl (C=O) groups is 2. The highest BCUT2D eigenvalue weighted by Crippen LogP contribution is 2.49. The molecule has 2 aromatic carbocycles. The summed E-state index contributed by atoms with van der Waals surface area (Å²) in [6, 6.07) is 15.0. The van der Waals surface area contributed by atoms with E-state index in [1.807, 2.05) is 31.2 Å². The molecule has 2 amide bonds. The Morgan fingerprint density at radius 1 is 1.08 bits per heavy atom. The molecule has 0 unspecified atom stereocenters. The van der Waals surface area contributed by atoms with Crippen LogP contribution in [-0.2, 0) is 15.0 Å². The molecule has 2 aromatic rings. The Balaban J connectivity index is 1.59.